The Morgan fingerprint density at radius 1 is 1.38 bits per heavy atom. The van der Waals surface area contributed by atoms with Crippen molar-refractivity contribution in [3.63, 3.8) is 0 Å². The van der Waals surface area contributed by atoms with Gasteiger partial charge in [0.15, 0.2) is 0 Å². The molecule has 0 atom stereocenters. The minimum atomic E-state index is -0.0330. The van der Waals surface area contributed by atoms with Gasteiger partial charge in [0.05, 0.1) is 11.4 Å². The Bertz CT molecular complexity index is 455. The number of carbonyl (C=O) groups is 1. The van der Waals surface area contributed by atoms with E-state index >= 15 is 0 Å². The fraction of sp³-hybridized carbons (Fsp3) is 0.533. The van der Waals surface area contributed by atoms with Crippen molar-refractivity contribution in [1.29, 1.82) is 0 Å². The van der Waals surface area contributed by atoms with Crippen molar-refractivity contribution in [2.24, 2.45) is 0 Å². The quantitative estimate of drug-likeness (QED) is 0.543. The molecule has 118 valence electrons. The molecule has 1 aromatic rings. The van der Waals surface area contributed by atoms with Crippen molar-refractivity contribution in [3.05, 3.63) is 23.2 Å². The number of halogens is 1. The molecule has 5 nitrogen and oxygen atoms in total. The van der Waals surface area contributed by atoms with E-state index in [2.05, 4.69) is 10.2 Å². The van der Waals surface area contributed by atoms with Gasteiger partial charge in [-0.2, -0.15) is 0 Å². The molecule has 0 aromatic heterocycles. The zero-order chi connectivity index (χ0) is 15.7. The molecule has 3 N–H and O–H groups in total. The normalized spacial score (nSPS) is 10.9. The lowest BCUT2D eigenvalue weighted by Crippen LogP contribution is -2.23. The van der Waals surface area contributed by atoms with Crippen molar-refractivity contribution >= 4 is 28.9 Å². The van der Waals surface area contributed by atoms with Gasteiger partial charge in [0, 0.05) is 31.7 Å². The molecule has 0 aliphatic carbocycles. The number of methoxy groups -OCH3 is 1. The molecule has 0 saturated heterocycles. The second kappa shape index (κ2) is 9.60. The third-order valence-electron chi connectivity index (χ3n) is 3.12. The highest BCUT2D eigenvalue weighted by Crippen LogP contribution is 2.22. The summed E-state index contributed by atoms with van der Waals surface area (Å²) in [6, 6.07) is 5.05. The van der Waals surface area contributed by atoms with E-state index in [1.165, 1.54) is 0 Å². The van der Waals surface area contributed by atoms with Gasteiger partial charge in [-0.15, -0.1) is 0 Å². The van der Waals surface area contributed by atoms with E-state index in [-0.39, 0.29) is 5.91 Å². The van der Waals surface area contributed by atoms with E-state index in [1.54, 1.807) is 25.3 Å². The van der Waals surface area contributed by atoms with Crippen LogP contribution < -0.4 is 11.1 Å². The molecule has 0 aliphatic rings. The Morgan fingerprint density at radius 2 is 2.10 bits per heavy atom. The molecule has 0 unspecified atom stereocenters. The summed E-state index contributed by atoms with van der Waals surface area (Å²) in [5.41, 5.74) is 6.88. The number of anilines is 2. The smallest absolute Gasteiger partial charge is 0.224 e. The largest absolute Gasteiger partial charge is 0.397 e. The average molecular weight is 314 g/mol. The third kappa shape index (κ3) is 7.32. The molecule has 0 radical (unpaired) electrons. The van der Waals surface area contributed by atoms with Gasteiger partial charge in [-0.05, 0) is 44.6 Å². The minimum Gasteiger partial charge on any atom is -0.397 e. The lowest BCUT2D eigenvalue weighted by atomic mass is 10.2. The molecule has 0 heterocycles. The fourth-order valence-corrected chi connectivity index (χ4v) is 2.14. The van der Waals surface area contributed by atoms with Gasteiger partial charge >= 0.3 is 0 Å². The third-order valence-corrected chi connectivity index (χ3v) is 3.35. The van der Waals surface area contributed by atoms with Crippen LogP contribution in [0.4, 0.5) is 11.4 Å². The maximum atomic E-state index is 11.9. The zero-order valence-electron chi connectivity index (χ0n) is 12.7. The number of hydrogen-bond acceptors (Lipinski definition) is 4. The first-order valence-electron chi connectivity index (χ1n) is 7.05. The molecule has 0 spiro atoms. The number of nitrogen functional groups attached to an aromatic ring is 1. The topological polar surface area (TPSA) is 67.6 Å². The summed E-state index contributed by atoms with van der Waals surface area (Å²) in [4.78, 5) is 14.1. The predicted octanol–water partition coefficient (Wildman–Crippen LogP) is 2.61. The molecule has 0 saturated carbocycles. The average Bonchev–Trinajstić information content (AvgIpc) is 2.42. The van der Waals surface area contributed by atoms with Crippen molar-refractivity contribution in [1.82, 2.24) is 4.90 Å². The fourth-order valence-electron chi connectivity index (χ4n) is 1.96. The predicted molar refractivity (Wildman–Crippen MR) is 87.7 cm³/mol. The number of ether oxygens (including phenoxy) is 1. The van der Waals surface area contributed by atoms with Crippen LogP contribution in [0.1, 0.15) is 19.3 Å². The van der Waals surface area contributed by atoms with Crippen LogP contribution in [0.25, 0.3) is 0 Å². The maximum absolute atomic E-state index is 11.9. The summed E-state index contributed by atoms with van der Waals surface area (Å²) in [5, 5.41) is 3.36. The van der Waals surface area contributed by atoms with E-state index in [1.807, 2.05) is 7.05 Å². The summed E-state index contributed by atoms with van der Waals surface area (Å²) < 4.78 is 5.01. The molecular weight excluding hydrogens is 290 g/mol. The molecule has 6 heteroatoms. The van der Waals surface area contributed by atoms with Gasteiger partial charge in [-0.3, -0.25) is 4.79 Å². The summed E-state index contributed by atoms with van der Waals surface area (Å²) in [7, 11) is 3.75. The van der Waals surface area contributed by atoms with Crippen LogP contribution in [-0.4, -0.2) is 44.7 Å². The second-order valence-corrected chi connectivity index (χ2v) is 5.47. The number of nitrogens with two attached hydrogens (primary N) is 1. The van der Waals surface area contributed by atoms with Gasteiger partial charge in [0.1, 0.15) is 0 Å². The molecule has 1 amide bonds. The summed E-state index contributed by atoms with van der Waals surface area (Å²) >= 11 is 5.82. The molecule has 0 fully saturated rings. The molecule has 1 rings (SSSR count). The van der Waals surface area contributed by atoms with Crippen molar-refractivity contribution in [3.8, 4) is 0 Å². The summed E-state index contributed by atoms with van der Waals surface area (Å²) in [6.45, 7) is 2.62. The van der Waals surface area contributed by atoms with E-state index in [0.29, 0.717) is 22.8 Å². The van der Waals surface area contributed by atoms with E-state index < -0.39 is 0 Å². The first kappa shape index (κ1) is 17.8. The van der Waals surface area contributed by atoms with Crippen LogP contribution in [-0.2, 0) is 9.53 Å². The van der Waals surface area contributed by atoms with Crippen LogP contribution in [0.2, 0.25) is 5.02 Å². The van der Waals surface area contributed by atoms with E-state index in [9.17, 15) is 4.79 Å². The minimum absolute atomic E-state index is 0.0330. The number of benzene rings is 1. The Labute approximate surface area is 131 Å². The lowest BCUT2D eigenvalue weighted by Gasteiger charge is -2.16. The maximum Gasteiger partial charge on any atom is 0.224 e. The SMILES string of the molecule is COCCCN(C)CCCC(=O)Nc1ccc(Cl)cc1N. The molecule has 21 heavy (non-hydrogen) atoms. The number of amides is 1. The number of nitrogens with zero attached hydrogens (tertiary/aromatic N) is 1. The molecule has 0 bridgehead atoms. The van der Waals surface area contributed by atoms with Gasteiger partial charge < -0.3 is 20.7 Å². The highest BCUT2D eigenvalue weighted by molar-refractivity contribution is 6.31. The monoisotopic (exact) mass is 313 g/mol. The summed E-state index contributed by atoms with van der Waals surface area (Å²) in [6.07, 6.45) is 2.28. The standard InChI is InChI=1S/C15H24ClN3O2/c1-19(9-4-10-21-2)8-3-5-15(20)18-14-7-6-12(16)11-13(14)17/h6-7,11H,3-5,8-10,17H2,1-2H3,(H,18,20). The van der Waals surface area contributed by atoms with Gasteiger partial charge in [-0.25, -0.2) is 0 Å². The van der Waals surface area contributed by atoms with Crippen molar-refractivity contribution < 1.29 is 9.53 Å². The van der Waals surface area contributed by atoms with E-state index in [0.717, 1.165) is 32.5 Å². The lowest BCUT2D eigenvalue weighted by molar-refractivity contribution is -0.116. The number of nitrogens with one attached hydrogen (secondary N) is 1. The Balaban J connectivity index is 2.25. The van der Waals surface area contributed by atoms with Gasteiger partial charge in [0.25, 0.3) is 0 Å². The molecular formula is C15H24ClN3O2. The summed E-state index contributed by atoms with van der Waals surface area (Å²) in [5.74, 6) is -0.0330. The Hall–Kier alpha value is -1.30. The van der Waals surface area contributed by atoms with Crippen LogP contribution >= 0.6 is 11.6 Å². The van der Waals surface area contributed by atoms with Gasteiger partial charge in [-0.1, -0.05) is 11.6 Å². The second-order valence-electron chi connectivity index (χ2n) is 5.03. The van der Waals surface area contributed by atoms with Crippen molar-refractivity contribution in [2.45, 2.75) is 19.3 Å². The first-order valence-corrected chi connectivity index (χ1v) is 7.43. The molecule has 0 aliphatic heterocycles. The van der Waals surface area contributed by atoms with Gasteiger partial charge in [0.2, 0.25) is 5.91 Å². The van der Waals surface area contributed by atoms with Crippen LogP contribution in [0.3, 0.4) is 0 Å². The zero-order valence-corrected chi connectivity index (χ0v) is 13.4. The number of carbonyl (C=O) groups excluding carboxylic acids is 1. The number of hydrogen-bond donors (Lipinski definition) is 2. The van der Waals surface area contributed by atoms with E-state index in [4.69, 9.17) is 22.1 Å². The number of rotatable bonds is 9. The Kier molecular flexibility index (Phi) is 8.12. The van der Waals surface area contributed by atoms with Crippen LogP contribution in [0.15, 0.2) is 18.2 Å². The Morgan fingerprint density at radius 3 is 2.76 bits per heavy atom. The van der Waals surface area contributed by atoms with Crippen LogP contribution in [0.5, 0.6) is 0 Å². The highest BCUT2D eigenvalue weighted by Gasteiger charge is 2.06. The van der Waals surface area contributed by atoms with Crippen LogP contribution in [0, 0.1) is 0 Å². The highest BCUT2D eigenvalue weighted by atomic mass is 35.5. The molecule has 1 aromatic carbocycles. The first-order chi connectivity index (χ1) is 10.0. The van der Waals surface area contributed by atoms with Crippen molar-refractivity contribution in [2.75, 3.05) is 44.9 Å².